The molecule has 2 N–H and O–H groups in total. The lowest BCUT2D eigenvalue weighted by Crippen LogP contribution is -2.51. The zero-order valence-corrected chi connectivity index (χ0v) is 13.6. The van der Waals surface area contributed by atoms with Gasteiger partial charge >= 0.3 is 0 Å². The second kappa shape index (κ2) is 8.11. The molecule has 1 amide bonds. The summed E-state index contributed by atoms with van der Waals surface area (Å²) < 4.78 is 5.35. The predicted octanol–water partition coefficient (Wildman–Crippen LogP) is 1.14. The summed E-state index contributed by atoms with van der Waals surface area (Å²) in [4.78, 5) is 14.7. The number of ether oxygens (including phenoxy) is 1. The fourth-order valence-corrected chi connectivity index (χ4v) is 3.59. The van der Waals surface area contributed by atoms with E-state index in [1.807, 2.05) is 7.05 Å². The molecular formula is C16H31N3O2. The maximum Gasteiger partial charge on any atom is 0.222 e. The maximum atomic E-state index is 12.3. The van der Waals surface area contributed by atoms with Gasteiger partial charge in [-0.2, -0.15) is 0 Å². The molecule has 2 aliphatic rings. The van der Waals surface area contributed by atoms with Gasteiger partial charge in [-0.15, -0.1) is 0 Å². The highest BCUT2D eigenvalue weighted by Gasteiger charge is 2.32. The third-order valence-electron chi connectivity index (χ3n) is 4.88. The molecule has 122 valence electrons. The molecule has 0 aromatic rings. The summed E-state index contributed by atoms with van der Waals surface area (Å²) in [5.41, 5.74) is 0.0288. The predicted molar refractivity (Wildman–Crippen MR) is 84.4 cm³/mol. The van der Waals surface area contributed by atoms with Crippen molar-refractivity contribution in [3.05, 3.63) is 0 Å². The normalized spacial score (nSPS) is 24.5. The second-order valence-corrected chi connectivity index (χ2v) is 6.65. The highest BCUT2D eigenvalue weighted by molar-refractivity contribution is 5.77. The smallest absolute Gasteiger partial charge is 0.222 e. The van der Waals surface area contributed by atoms with Gasteiger partial charge in [-0.1, -0.05) is 19.3 Å². The van der Waals surface area contributed by atoms with Crippen molar-refractivity contribution in [3.8, 4) is 0 Å². The lowest BCUT2D eigenvalue weighted by molar-refractivity contribution is -0.123. The third-order valence-corrected chi connectivity index (χ3v) is 4.88. The molecule has 1 atom stereocenters. The van der Waals surface area contributed by atoms with Crippen LogP contribution in [0.3, 0.4) is 0 Å². The Bertz CT molecular complexity index is 323. The van der Waals surface area contributed by atoms with Crippen LogP contribution in [0.5, 0.6) is 0 Å². The minimum Gasteiger partial charge on any atom is -0.379 e. The van der Waals surface area contributed by atoms with Crippen molar-refractivity contribution in [1.29, 1.82) is 0 Å². The van der Waals surface area contributed by atoms with E-state index in [0.29, 0.717) is 6.42 Å². The van der Waals surface area contributed by atoms with E-state index < -0.39 is 0 Å². The van der Waals surface area contributed by atoms with Gasteiger partial charge in [-0.05, 0) is 26.8 Å². The Kier molecular flexibility index (Phi) is 6.45. The van der Waals surface area contributed by atoms with Crippen LogP contribution in [-0.4, -0.2) is 62.3 Å². The molecule has 1 saturated carbocycles. The Labute approximate surface area is 128 Å². The number of morpholine rings is 1. The Hall–Kier alpha value is -0.650. The van der Waals surface area contributed by atoms with Gasteiger partial charge in [0.15, 0.2) is 0 Å². The van der Waals surface area contributed by atoms with Gasteiger partial charge in [0.2, 0.25) is 5.91 Å². The monoisotopic (exact) mass is 297 g/mol. The maximum absolute atomic E-state index is 12.3. The first-order chi connectivity index (χ1) is 10.1. The largest absolute Gasteiger partial charge is 0.379 e. The molecule has 21 heavy (non-hydrogen) atoms. The van der Waals surface area contributed by atoms with Crippen LogP contribution < -0.4 is 10.6 Å². The van der Waals surface area contributed by atoms with E-state index in [2.05, 4.69) is 22.5 Å². The second-order valence-electron chi connectivity index (χ2n) is 6.65. The van der Waals surface area contributed by atoms with Crippen molar-refractivity contribution in [1.82, 2.24) is 15.5 Å². The van der Waals surface area contributed by atoms with E-state index in [9.17, 15) is 4.79 Å². The molecule has 5 nitrogen and oxygen atoms in total. The van der Waals surface area contributed by atoms with Gasteiger partial charge in [-0.3, -0.25) is 9.69 Å². The van der Waals surface area contributed by atoms with Gasteiger partial charge in [0.25, 0.3) is 0 Å². The Balaban J connectivity index is 1.74. The van der Waals surface area contributed by atoms with Gasteiger partial charge in [-0.25, -0.2) is 0 Å². The van der Waals surface area contributed by atoms with Gasteiger partial charge in [0.1, 0.15) is 0 Å². The fraction of sp³-hybridized carbons (Fsp3) is 0.938. The SMILES string of the molecule is CNC1(CC(=O)NC(C)CN2CCOCC2)CCCCC1. The van der Waals surface area contributed by atoms with Gasteiger partial charge in [0, 0.05) is 37.6 Å². The lowest BCUT2D eigenvalue weighted by Gasteiger charge is -2.37. The molecule has 1 saturated heterocycles. The van der Waals surface area contributed by atoms with Crippen molar-refractivity contribution in [3.63, 3.8) is 0 Å². The van der Waals surface area contributed by atoms with Crippen molar-refractivity contribution in [2.75, 3.05) is 39.9 Å². The van der Waals surface area contributed by atoms with Crippen LogP contribution in [0, 0.1) is 0 Å². The van der Waals surface area contributed by atoms with Crippen molar-refractivity contribution in [2.24, 2.45) is 0 Å². The molecule has 2 fully saturated rings. The number of nitrogens with one attached hydrogen (secondary N) is 2. The number of carbonyl (C=O) groups is 1. The van der Waals surface area contributed by atoms with Crippen LogP contribution in [0.15, 0.2) is 0 Å². The fourth-order valence-electron chi connectivity index (χ4n) is 3.59. The summed E-state index contributed by atoms with van der Waals surface area (Å²) >= 11 is 0. The van der Waals surface area contributed by atoms with Crippen LogP contribution in [0.25, 0.3) is 0 Å². The molecule has 1 unspecified atom stereocenters. The summed E-state index contributed by atoms with van der Waals surface area (Å²) in [6.07, 6.45) is 6.62. The van der Waals surface area contributed by atoms with E-state index >= 15 is 0 Å². The summed E-state index contributed by atoms with van der Waals surface area (Å²) in [7, 11) is 2.00. The van der Waals surface area contributed by atoms with E-state index in [1.54, 1.807) is 0 Å². The summed E-state index contributed by atoms with van der Waals surface area (Å²) in [5, 5.41) is 6.59. The number of hydrogen-bond acceptors (Lipinski definition) is 4. The summed E-state index contributed by atoms with van der Waals surface area (Å²) in [6.45, 7) is 6.58. The first kappa shape index (κ1) is 16.7. The molecule has 5 heteroatoms. The molecule has 0 radical (unpaired) electrons. The minimum atomic E-state index is 0.0288. The third kappa shape index (κ3) is 5.24. The van der Waals surface area contributed by atoms with Crippen LogP contribution in [0.2, 0.25) is 0 Å². The number of rotatable bonds is 6. The summed E-state index contributed by atoms with van der Waals surface area (Å²) in [5.74, 6) is 0.187. The number of nitrogens with zero attached hydrogens (tertiary/aromatic N) is 1. The zero-order valence-electron chi connectivity index (χ0n) is 13.6. The van der Waals surface area contributed by atoms with Crippen LogP contribution >= 0.6 is 0 Å². The minimum absolute atomic E-state index is 0.0288. The topological polar surface area (TPSA) is 53.6 Å². The number of hydrogen-bond donors (Lipinski definition) is 2. The van der Waals surface area contributed by atoms with Gasteiger partial charge in [0.05, 0.1) is 13.2 Å². The van der Waals surface area contributed by atoms with E-state index in [4.69, 9.17) is 4.74 Å². The van der Waals surface area contributed by atoms with Crippen LogP contribution in [0.4, 0.5) is 0 Å². The first-order valence-electron chi connectivity index (χ1n) is 8.42. The highest BCUT2D eigenvalue weighted by Crippen LogP contribution is 2.30. The van der Waals surface area contributed by atoms with Crippen molar-refractivity contribution >= 4 is 5.91 Å². The molecule has 0 bridgehead atoms. The average Bonchev–Trinajstić information content (AvgIpc) is 2.48. The molecule has 0 aromatic heterocycles. The molecule has 2 rings (SSSR count). The van der Waals surface area contributed by atoms with Crippen molar-refractivity contribution < 1.29 is 9.53 Å². The van der Waals surface area contributed by atoms with Crippen LogP contribution in [-0.2, 0) is 9.53 Å². The molecular weight excluding hydrogens is 266 g/mol. The quantitative estimate of drug-likeness (QED) is 0.772. The Morgan fingerprint density at radius 3 is 2.52 bits per heavy atom. The van der Waals surface area contributed by atoms with E-state index in [0.717, 1.165) is 45.7 Å². The Morgan fingerprint density at radius 2 is 1.90 bits per heavy atom. The van der Waals surface area contributed by atoms with Crippen LogP contribution in [0.1, 0.15) is 45.4 Å². The van der Waals surface area contributed by atoms with Gasteiger partial charge < -0.3 is 15.4 Å². The zero-order chi connectivity index (χ0) is 15.1. The molecule has 0 spiro atoms. The molecule has 1 heterocycles. The molecule has 0 aromatic carbocycles. The summed E-state index contributed by atoms with van der Waals surface area (Å²) in [6, 6.07) is 0.202. The van der Waals surface area contributed by atoms with E-state index in [1.165, 1.54) is 19.3 Å². The molecule has 1 aliphatic carbocycles. The Morgan fingerprint density at radius 1 is 1.24 bits per heavy atom. The highest BCUT2D eigenvalue weighted by atomic mass is 16.5. The number of carbonyl (C=O) groups excluding carboxylic acids is 1. The van der Waals surface area contributed by atoms with Crippen molar-refractivity contribution in [2.45, 2.75) is 57.0 Å². The molecule has 1 aliphatic heterocycles. The number of amides is 1. The lowest BCUT2D eigenvalue weighted by atomic mass is 9.79. The first-order valence-corrected chi connectivity index (χ1v) is 8.42. The standard InChI is InChI=1S/C16H31N3O2/c1-14(13-19-8-10-21-11-9-19)18-15(20)12-16(17-2)6-4-3-5-7-16/h14,17H,3-13H2,1-2H3,(H,18,20). The van der Waals surface area contributed by atoms with E-state index in [-0.39, 0.29) is 17.5 Å². The average molecular weight is 297 g/mol.